The first-order chi connectivity index (χ1) is 11.9. The summed E-state index contributed by atoms with van der Waals surface area (Å²) in [6.07, 6.45) is 4.91. The van der Waals surface area contributed by atoms with Gasteiger partial charge in [0.05, 0.1) is 7.11 Å². The SMILES string of the molecule is CCN(CC)C(=O)c1ccc(OC)c(S(=O)(=O)NC2CCCCC2)c1. The van der Waals surface area contributed by atoms with E-state index in [1.807, 2.05) is 13.8 Å². The number of hydrogen-bond acceptors (Lipinski definition) is 4. The average molecular weight is 368 g/mol. The molecule has 0 atom stereocenters. The maximum absolute atomic E-state index is 12.8. The van der Waals surface area contributed by atoms with Gasteiger partial charge in [-0.25, -0.2) is 13.1 Å². The van der Waals surface area contributed by atoms with E-state index in [0.717, 1.165) is 32.1 Å². The maximum atomic E-state index is 12.8. The second kappa shape index (κ2) is 8.67. The van der Waals surface area contributed by atoms with E-state index in [9.17, 15) is 13.2 Å². The number of rotatable bonds is 7. The van der Waals surface area contributed by atoms with Crippen LogP contribution in [0.25, 0.3) is 0 Å². The van der Waals surface area contributed by atoms with E-state index in [1.54, 1.807) is 17.0 Å². The lowest BCUT2D eigenvalue weighted by Gasteiger charge is -2.23. The fraction of sp³-hybridized carbons (Fsp3) is 0.611. The Hall–Kier alpha value is -1.60. The van der Waals surface area contributed by atoms with Crippen molar-refractivity contribution in [2.75, 3.05) is 20.2 Å². The van der Waals surface area contributed by atoms with E-state index in [4.69, 9.17) is 4.74 Å². The smallest absolute Gasteiger partial charge is 0.253 e. The fourth-order valence-corrected chi connectivity index (χ4v) is 4.72. The Labute approximate surface area is 150 Å². The van der Waals surface area contributed by atoms with Crippen molar-refractivity contribution in [3.05, 3.63) is 23.8 Å². The Balaban J connectivity index is 2.34. The van der Waals surface area contributed by atoms with Crippen LogP contribution in [0, 0.1) is 0 Å². The molecule has 1 fully saturated rings. The highest BCUT2D eigenvalue weighted by Gasteiger charge is 2.26. The van der Waals surface area contributed by atoms with Crippen molar-refractivity contribution in [2.45, 2.75) is 56.9 Å². The van der Waals surface area contributed by atoms with Crippen molar-refractivity contribution >= 4 is 15.9 Å². The Morgan fingerprint density at radius 1 is 1.20 bits per heavy atom. The molecule has 2 rings (SSSR count). The Bertz CT molecular complexity index is 693. The minimum atomic E-state index is -3.74. The topological polar surface area (TPSA) is 75.7 Å². The molecule has 0 saturated heterocycles. The largest absolute Gasteiger partial charge is 0.495 e. The summed E-state index contributed by atoms with van der Waals surface area (Å²) < 4.78 is 33.7. The highest BCUT2D eigenvalue weighted by atomic mass is 32.2. The number of carbonyl (C=O) groups excluding carboxylic acids is 1. The molecule has 1 aliphatic carbocycles. The molecule has 25 heavy (non-hydrogen) atoms. The number of nitrogens with zero attached hydrogens (tertiary/aromatic N) is 1. The van der Waals surface area contributed by atoms with Gasteiger partial charge in [0.15, 0.2) is 0 Å². The van der Waals surface area contributed by atoms with Crippen molar-refractivity contribution < 1.29 is 17.9 Å². The number of sulfonamides is 1. The molecule has 7 heteroatoms. The summed E-state index contributed by atoms with van der Waals surface area (Å²) in [5, 5.41) is 0. The molecule has 6 nitrogen and oxygen atoms in total. The van der Waals surface area contributed by atoms with Crippen LogP contribution in [0.3, 0.4) is 0 Å². The molecular weight excluding hydrogens is 340 g/mol. The number of ether oxygens (including phenoxy) is 1. The lowest BCUT2D eigenvalue weighted by atomic mass is 9.96. The van der Waals surface area contributed by atoms with E-state index in [0.29, 0.717) is 18.7 Å². The molecule has 0 bridgehead atoms. The van der Waals surface area contributed by atoms with Crippen LogP contribution in [0.4, 0.5) is 0 Å². The molecule has 1 aliphatic rings. The van der Waals surface area contributed by atoms with Crippen molar-refractivity contribution in [3.8, 4) is 5.75 Å². The zero-order valence-electron chi connectivity index (χ0n) is 15.2. The average Bonchev–Trinajstić information content (AvgIpc) is 2.62. The van der Waals surface area contributed by atoms with Crippen LogP contribution in [0.15, 0.2) is 23.1 Å². The first kappa shape index (κ1) is 19.7. The van der Waals surface area contributed by atoms with E-state index in [1.165, 1.54) is 13.2 Å². The Morgan fingerprint density at radius 2 is 1.84 bits per heavy atom. The van der Waals surface area contributed by atoms with Gasteiger partial charge in [-0.1, -0.05) is 19.3 Å². The molecule has 1 aromatic carbocycles. The van der Waals surface area contributed by atoms with Gasteiger partial charge in [0.25, 0.3) is 5.91 Å². The number of hydrogen-bond donors (Lipinski definition) is 1. The van der Waals surface area contributed by atoms with Crippen molar-refractivity contribution in [3.63, 3.8) is 0 Å². The zero-order valence-corrected chi connectivity index (χ0v) is 16.1. The van der Waals surface area contributed by atoms with Gasteiger partial charge in [0.2, 0.25) is 10.0 Å². The Kier molecular flexibility index (Phi) is 6.84. The number of amides is 1. The highest BCUT2D eigenvalue weighted by molar-refractivity contribution is 7.89. The Morgan fingerprint density at radius 3 is 2.40 bits per heavy atom. The van der Waals surface area contributed by atoms with Gasteiger partial charge in [0.1, 0.15) is 10.6 Å². The molecule has 1 amide bonds. The molecule has 0 aliphatic heterocycles. The van der Waals surface area contributed by atoms with E-state index >= 15 is 0 Å². The molecule has 140 valence electrons. The van der Waals surface area contributed by atoms with Crippen molar-refractivity contribution in [2.24, 2.45) is 0 Å². The molecule has 0 spiro atoms. The summed E-state index contributed by atoms with van der Waals surface area (Å²) >= 11 is 0. The highest BCUT2D eigenvalue weighted by Crippen LogP contribution is 2.27. The molecule has 0 heterocycles. The molecule has 0 aromatic heterocycles. The predicted molar refractivity (Wildman–Crippen MR) is 97.4 cm³/mol. The quantitative estimate of drug-likeness (QED) is 0.803. The normalized spacial score (nSPS) is 15.8. The van der Waals surface area contributed by atoms with Gasteiger partial charge in [-0.3, -0.25) is 4.79 Å². The lowest BCUT2D eigenvalue weighted by molar-refractivity contribution is 0.0772. The van der Waals surface area contributed by atoms with Crippen LogP contribution < -0.4 is 9.46 Å². The van der Waals surface area contributed by atoms with Crippen LogP contribution >= 0.6 is 0 Å². The van der Waals surface area contributed by atoms with E-state index in [-0.39, 0.29) is 22.6 Å². The summed E-state index contributed by atoms with van der Waals surface area (Å²) in [6, 6.07) is 4.53. The number of methoxy groups -OCH3 is 1. The van der Waals surface area contributed by atoms with Gasteiger partial charge in [0, 0.05) is 24.7 Å². The third-order valence-electron chi connectivity index (χ3n) is 4.68. The summed E-state index contributed by atoms with van der Waals surface area (Å²) in [6.45, 7) is 4.94. The summed E-state index contributed by atoms with van der Waals surface area (Å²) in [4.78, 5) is 14.2. The van der Waals surface area contributed by atoms with Gasteiger partial charge < -0.3 is 9.64 Å². The summed E-state index contributed by atoms with van der Waals surface area (Å²) in [5.41, 5.74) is 0.355. The third kappa shape index (κ3) is 4.73. The van der Waals surface area contributed by atoms with E-state index < -0.39 is 10.0 Å². The van der Waals surface area contributed by atoms with Crippen LogP contribution in [0.2, 0.25) is 0 Å². The van der Waals surface area contributed by atoms with Gasteiger partial charge in [-0.15, -0.1) is 0 Å². The summed E-state index contributed by atoms with van der Waals surface area (Å²) in [7, 11) is -2.31. The number of nitrogens with one attached hydrogen (secondary N) is 1. The maximum Gasteiger partial charge on any atom is 0.253 e. The molecule has 1 N–H and O–H groups in total. The number of benzene rings is 1. The zero-order chi connectivity index (χ0) is 18.4. The van der Waals surface area contributed by atoms with E-state index in [2.05, 4.69) is 4.72 Å². The minimum Gasteiger partial charge on any atom is -0.495 e. The second-order valence-electron chi connectivity index (χ2n) is 6.30. The van der Waals surface area contributed by atoms with Crippen molar-refractivity contribution in [1.29, 1.82) is 0 Å². The van der Waals surface area contributed by atoms with Crippen molar-refractivity contribution in [1.82, 2.24) is 9.62 Å². The first-order valence-electron chi connectivity index (χ1n) is 8.92. The summed E-state index contributed by atoms with van der Waals surface area (Å²) in [5.74, 6) is 0.0705. The minimum absolute atomic E-state index is 0.0265. The van der Waals surface area contributed by atoms with Crippen LogP contribution in [0.1, 0.15) is 56.3 Å². The molecule has 1 aromatic rings. The van der Waals surface area contributed by atoms with Crippen LogP contribution in [-0.2, 0) is 10.0 Å². The first-order valence-corrected chi connectivity index (χ1v) is 10.4. The predicted octanol–water partition coefficient (Wildman–Crippen LogP) is 2.79. The molecular formula is C18H28N2O4S. The third-order valence-corrected chi connectivity index (χ3v) is 6.22. The fourth-order valence-electron chi connectivity index (χ4n) is 3.22. The lowest BCUT2D eigenvalue weighted by Crippen LogP contribution is -2.36. The van der Waals surface area contributed by atoms with Gasteiger partial charge in [-0.05, 0) is 44.9 Å². The monoisotopic (exact) mass is 368 g/mol. The van der Waals surface area contributed by atoms with Crippen LogP contribution in [-0.4, -0.2) is 45.5 Å². The van der Waals surface area contributed by atoms with Gasteiger partial charge in [-0.2, -0.15) is 0 Å². The number of carbonyl (C=O) groups is 1. The standard InChI is InChI=1S/C18H28N2O4S/c1-4-20(5-2)18(21)14-11-12-16(24-3)17(13-14)25(22,23)19-15-9-7-6-8-10-15/h11-13,15,19H,4-10H2,1-3H3. The second-order valence-corrected chi connectivity index (χ2v) is 7.98. The van der Waals surface area contributed by atoms with Crippen LogP contribution in [0.5, 0.6) is 5.75 Å². The molecule has 0 unspecified atom stereocenters. The molecule has 1 saturated carbocycles. The van der Waals surface area contributed by atoms with Gasteiger partial charge >= 0.3 is 0 Å². The molecule has 0 radical (unpaired) electrons.